The smallest absolute Gasteiger partial charge is 0.315 e. The molecule has 0 bridgehead atoms. The van der Waals surface area contributed by atoms with Gasteiger partial charge in [0.25, 0.3) is 0 Å². The molecule has 1 aliphatic carbocycles. The Bertz CT molecular complexity index is 624. The fourth-order valence-corrected chi connectivity index (χ4v) is 3.44. The highest BCUT2D eigenvalue weighted by atomic mass is 16.2. The van der Waals surface area contributed by atoms with Gasteiger partial charge >= 0.3 is 6.03 Å². The van der Waals surface area contributed by atoms with Gasteiger partial charge in [-0.1, -0.05) is 12.1 Å². The van der Waals surface area contributed by atoms with E-state index in [2.05, 4.69) is 57.7 Å². The summed E-state index contributed by atoms with van der Waals surface area (Å²) in [6.45, 7) is 5.02. The molecule has 1 atom stereocenters. The van der Waals surface area contributed by atoms with E-state index in [1.54, 1.807) is 0 Å². The van der Waals surface area contributed by atoms with Crippen molar-refractivity contribution in [1.82, 2.24) is 15.5 Å². The molecule has 1 saturated heterocycles. The molecular formula is C21H30N4O. The second kappa shape index (κ2) is 8.95. The van der Waals surface area contributed by atoms with Crippen molar-refractivity contribution in [3.05, 3.63) is 29.8 Å². The van der Waals surface area contributed by atoms with Crippen LogP contribution in [0.1, 0.15) is 24.8 Å². The molecule has 0 aromatic heterocycles. The second-order valence-electron chi connectivity index (χ2n) is 7.46. The highest BCUT2D eigenvalue weighted by Crippen LogP contribution is 2.33. The van der Waals surface area contributed by atoms with Crippen molar-refractivity contribution in [2.24, 2.45) is 5.92 Å². The number of hydrogen-bond donors (Lipinski definition) is 2. The maximum absolute atomic E-state index is 12.0. The van der Waals surface area contributed by atoms with Crippen LogP contribution in [0.2, 0.25) is 0 Å². The summed E-state index contributed by atoms with van der Waals surface area (Å²) in [5.41, 5.74) is 2.53. The summed E-state index contributed by atoms with van der Waals surface area (Å²) in [6.07, 6.45) is 9.19. The molecule has 1 unspecified atom stereocenters. The third-order valence-corrected chi connectivity index (χ3v) is 5.35. The van der Waals surface area contributed by atoms with Gasteiger partial charge in [0.2, 0.25) is 0 Å². The molecule has 1 saturated carbocycles. The van der Waals surface area contributed by atoms with Gasteiger partial charge in [-0.05, 0) is 49.9 Å². The topological polar surface area (TPSA) is 47.6 Å². The molecule has 5 nitrogen and oxygen atoms in total. The van der Waals surface area contributed by atoms with Crippen LogP contribution >= 0.6 is 0 Å². The Morgan fingerprint density at radius 3 is 2.54 bits per heavy atom. The third-order valence-electron chi connectivity index (χ3n) is 5.35. The van der Waals surface area contributed by atoms with Crippen molar-refractivity contribution in [1.29, 1.82) is 0 Å². The summed E-state index contributed by atoms with van der Waals surface area (Å²) >= 11 is 0. The number of likely N-dealkylation sites (N-methyl/N-ethyl adjacent to an activating group) is 1. The number of anilines is 1. The first-order valence-electron chi connectivity index (χ1n) is 9.66. The Hall–Kier alpha value is -2.19. The van der Waals surface area contributed by atoms with Crippen molar-refractivity contribution in [2.75, 3.05) is 44.7 Å². The summed E-state index contributed by atoms with van der Waals surface area (Å²) < 4.78 is 0. The van der Waals surface area contributed by atoms with E-state index in [0.29, 0.717) is 18.9 Å². The molecule has 5 heteroatoms. The Labute approximate surface area is 157 Å². The van der Waals surface area contributed by atoms with E-state index in [9.17, 15) is 4.79 Å². The van der Waals surface area contributed by atoms with Crippen LogP contribution in [-0.4, -0.2) is 56.7 Å². The summed E-state index contributed by atoms with van der Waals surface area (Å²) in [5, 5.41) is 5.97. The number of carbonyl (C=O) groups is 1. The SMILES string of the molecule is C#CCC(NC(=O)NCCc1ccc(N2CCN(C)CC2)cc1)C1CC1. The molecule has 26 heavy (non-hydrogen) atoms. The van der Waals surface area contributed by atoms with Gasteiger partial charge < -0.3 is 20.4 Å². The average molecular weight is 354 g/mol. The van der Waals surface area contributed by atoms with Crippen molar-refractivity contribution in [3.63, 3.8) is 0 Å². The van der Waals surface area contributed by atoms with Gasteiger partial charge in [-0.2, -0.15) is 0 Å². The quantitative estimate of drug-likeness (QED) is 0.737. The summed E-state index contributed by atoms with van der Waals surface area (Å²) in [7, 11) is 2.17. The van der Waals surface area contributed by atoms with E-state index in [1.165, 1.54) is 24.1 Å². The van der Waals surface area contributed by atoms with Gasteiger partial charge in [-0.25, -0.2) is 4.79 Å². The maximum atomic E-state index is 12.0. The Balaban J connectivity index is 1.39. The minimum atomic E-state index is -0.105. The molecule has 1 aromatic rings. The lowest BCUT2D eigenvalue weighted by Gasteiger charge is -2.34. The van der Waals surface area contributed by atoms with Gasteiger partial charge in [-0.15, -0.1) is 12.3 Å². The molecule has 1 aromatic carbocycles. The minimum Gasteiger partial charge on any atom is -0.369 e. The number of urea groups is 1. The van der Waals surface area contributed by atoms with Crippen molar-refractivity contribution in [3.8, 4) is 12.3 Å². The number of nitrogens with one attached hydrogen (secondary N) is 2. The molecule has 0 radical (unpaired) electrons. The molecule has 2 N–H and O–H groups in total. The first-order valence-corrected chi connectivity index (χ1v) is 9.66. The van der Waals surface area contributed by atoms with Crippen LogP contribution in [-0.2, 0) is 6.42 Å². The number of piperazine rings is 1. The van der Waals surface area contributed by atoms with Crippen LogP contribution in [0.3, 0.4) is 0 Å². The number of hydrogen-bond acceptors (Lipinski definition) is 3. The molecule has 1 aliphatic heterocycles. The molecule has 2 fully saturated rings. The number of carbonyl (C=O) groups excluding carboxylic acids is 1. The number of nitrogens with zero attached hydrogens (tertiary/aromatic N) is 2. The average Bonchev–Trinajstić information content (AvgIpc) is 3.48. The van der Waals surface area contributed by atoms with Crippen molar-refractivity contribution >= 4 is 11.7 Å². The highest BCUT2D eigenvalue weighted by molar-refractivity contribution is 5.74. The van der Waals surface area contributed by atoms with Crippen LogP contribution < -0.4 is 15.5 Å². The molecular weight excluding hydrogens is 324 g/mol. The van der Waals surface area contributed by atoms with Gasteiger partial charge in [0.05, 0.1) is 0 Å². The lowest BCUT2D eigenvalue weighted by molar-refractivity contribution is 0.235. The normalized spacial score (nSPS) is 18.8. The predicted molar refractivity (Wildman–Crippen MR) is 106 cm³/mol. The largest absolute Gasteiger partial charge is 0.369 e. The summed E-state index contributed by atoms with van der Waals surface area (Å²) in [4.78, 5) is 16.8. The zero-order valence-electron chi connectivity index (χ0n) is 15.7. The van der Waals surface area contributed by atoms with Crippen LogP contribution in [0.25, 0.3) is 0 Å². The summed E-state index contributed by atoms with van der Waals surface area (Å²) in [6, 6.07) is 8.74. The fraction of sp³-hybridized carbons (Fsp3) is 0.571. The molecule has 1 heterocycles. The highest BCUT2D eigenvalue weighted by Gasteiger charge is 2.31. The molecule has 0 spiro atoms. The van der Waals surface area contributed by atoms with Crippen LogP contribution in [0.4, 0.5) is 10.5 Å². The van der Waals surface area contributed by atoms with Gasteiger partial charge in [0, 0.05) is 50.9 Å². The van der Waals surface area contributed by atoms with Gasteiger partial charge in [0.1, 0.15) is 0 Å². The minimum absolute atomic E-state index is 0.105. The van der Waals surface area contributed by atoms with Gasteiger partial charge in [0.15, 0.2) is 0 Å². The zero-order chi connectivity index (χ0) is 18.4. The molecule has 2 aliphatic rings. The number of amides is 2. The van der Waals surface area contributed by atoms with Crippen molar-refractivity contribution in [2.45, 2.75) is 31.7 Å². The molecule has 2 amide bonds. The number of rotatable bonds is 7. The fourth-order valence-electron chi connectivity index (χ4n) is 3.44. The van der Waals surface area contributed by atoms with E-state index in [1.807, 2.05) is 0 Å². The molecule has 3 rings (SSSR count). The van der Waals surface area contributed by atoms with Crippen LogP contribution in [0.15, 0.2) is 24.3 Å². The zero-order valence-corrected chi connectivity index (χ0v) is 15.7. The monoisotopic (exact) mass is 354 g/mol. The third kappa shape index (κ3) is 5.40. The lowest BCUT2D eigenvalue weighted by Crippen LogP contribution is -2.44. The lowest BCUT2D eigenvalue weighted by atomic mass is 10.1. The van der Waals surface area contributed by atoms with E-state index < -0.39 is 0 Å². The number of benzene rings is 1. The first-order chi connectivity index (χ1) is 12.7. The first kappa shape index (κ1) is 18.6. The molecule has 140 valence electrons. The van der Waals surface area contributed by atoms with E-state index in [4.69, 9.17) is 6.42 Å². The Morgan fingerprint density at radius 1 is 1.23 bits per heavy atom. The maximum Gasteiger partial charge on any atom is 0.315 e. The number of terminal acetylenes is 1. The van der Waals surface area contributed by atoms with Gasteiger partial charge in [-0.3, -0.25) is 0 Å². The van der Waals surface area contributed by atoms with Crippen LogP contribution in [0, 0.1) is 18.3 Å². The van der Waals surface area contributed by atoms with Crippen molar-refractivity contribution < 1.29 is 4.79 Å². The van der Waals surface area contributed by atoms with E-state index >= 15 is 0 Å². The Kier molecular flexibility index (Phi) is 6.40. The predicted octanol–water partition coefficient (Wildman–Crippen LogP) is 2.08. The second-order valence-corrected chi connectivity index (χ2v) is 7.46. The standard InChI is InChI=1S/C21H30N4O/c1-3-4-20(18-7-8-18)23-21(26)22-12-11-17-5-9-19(10-6-17)25-15-13-24(2)14-16-25/h1,5-6,9-10,18,20H,4,7-8,11-16H2,2H3,(H2,22,23,26). The van der Waals surface area contributed by atoms with Crippen LogP contribution in [0.5, 0.6) is 0 Å². The summed E-state index contributed by atoms with van der Waals surface area (Å²) in [5.74, 6) is 3.23. The van der Waals surface area contributed by atoms with E-state index in [0.717, 1.165) is 32.6 Å². The Morgan fingerprint density at radius 2 is 1.92 bits per heavy atom. The van der Waals surface area contributed by atoms with E-state index in [-0.39, 0.29) is 12.1 Å².